The summed E-state index contributed by atoms with van der Waals surface area (Å²) in [6.45, 7) is 6.32. The number of likely N-dealkylation sites (tertiary alicyclic amines) is 1. The van der Waals surface area contributed by atoms with E-state index in [-0.39, 0.29) is 23.5 Å². The summed E-state index contributed by atoms with van der Waals surface area (Å²) >= 11 is 0. The summed E-state index contributed by atoms with van der Waals surface area (Å²) in [6, 6.07) is 15.5. The first kappa shape index (κ1) is 23.4. The number of ether oxygens (including phenoxy) is 2. The van der Waals surface area contributed by atoms with Crippen molar-refractivity contribution in [3.8, 4) is 22.9 Å². The lowest BCUT2D eigenvalue weighted by molar-refractivity contribution is -0.127. The number of hydrogen-bond donors (Lipinski definition) is 1. The highest BCUT2D eigenvalue weighted by Gasteiger charge is 2.36. The molecule has 8 nitrogen and oxygen atoms in total. The van der Waals surface area contributed by atoms with Gasteiger partial charge in [0.25, 0.3) is 0 Å². The number of benzene rings is 2. The van der Waals surface area contributed by atoms with Gasteiger partial charge < -0.3 is 19.3 Å². The SMILES string of the molecule is COc1ccc2c(c1)OC(C)(C)CC2NC(=O)C1CCN(Cc2nc(-c3ccccc3)no2)CC1. The maximum absolute atomic E-state index is 13.2. The van der Waals surface area contributed by atoms with E-state index in [9.17, 15) is 4.79 Å². The molecule has 1 aromatic heterocycles. The van der Waals surface area contributed by atoms with Crippen LogP contribution in [-0.4, -0.2) is 46.7 Å². The predicted molar refractivity (Wildman–Crippen MR) is 131 cm³/mol. The Labute approximate surface area is 205 Å². The molecule has 0 saturated carbocycles. The van der Waals surface area contributed by atoms with Gasteiger partial charge in [-0.2, -0.15) is 4.98 Å². The van der Waals surface area contributed by atoms with Gasteiger partial charge in [0, 0.05) is 29.5 Å². The van der Waals surface area contributed by atoms with Crippen LogP contribution in [-0.2, 0) is 11.3 Å². The van der Waals surface area contributed by atoms with Gasteiger partial charge in [-0.25, -0.2) is 0 Å². The minimum atomic E-state index is -0.372. The number of hydrogen-bond acceptors (Lipinski definition) is 7. The van der Waals surface area contributed by atoms with Crippen molar-refractivity contribution in [1.29, 1.82) is 0 Å². The number of methoxy groups -OCH3 is 1. The minimum Gasteiger partial charge on any atom is -0.497 e. The lowest BCUT2D eigenvalue weighted by Crippen LogP contribution is -2.45. The number of fused-ring (bicyclic) bond motifs is 1. The molecule has 35 heavy (non-hydrogen) atoms. The Kier molecular flexibility index (Phi) is 6.47. The molecule has 2 aliphatic heterocycles. The molecule has 3 aromatic rings. The van der Waals surface area contributed by atoms with Crippen LogP contribution in [0.15, 0.2) is 53.1 Å². The molecule has 8 heteroatoms. The third-order valence-corrected chi connectivity index (χ3v) is 6.81. The maximum atomic E-state index is 13.2. The normalized spacial score (nSPS) is 20.0. The first-order chi connectivity index (χ1) is 16.9. The first-order valence-corrected chi connectivity index (χ1v) is 12.2. The lowest BCUT2D eigenvalue weighted by atomic mass is 9.88. The van der Waals surface area contributed by atoms with E-state index in [1.165, 1.54) is 0 Å². The molecule has 1 atom stereocenters. The Balaban J connectivity index is 1.17. The minimum absolute atomic E-state index is 0.0125. The zero-order chi connectivity index (χ0) is 24.4. The van der Waals surface area contributed by atoms with Crippen LogP contribution in [0.3, 0.4) is 0 Å². The summed E-state index contributed by atoms with van der Waals surface area (Å²) in [7, 11) is 1.64. The van der Waals surface area contributed by atoms with E-state index in [0.29, 0.717) is 18.3 Å². The quantitative estimate of drug-likeness (QED) is 0.565. The van der Waals surface area contributed by atoms with E-state index >= 15 is 0 Å². The van der Waals surface area contributed by atoms with E-state index < -0.39 is 0 Å². The van der Waals surface area contributed by atoms with Crippen LogP contribution in [0.1, 0.15) is 50.6 Å². The summed E-state index contributed by atoms with van der Waals surface area (Å²) in [6.07, 6.45) is 2.32. The average molecular weight is 477 g/mol. The van der Waals surface area contributed by atoms with Crippen LogP contribution in [0.25, 0.3) is 11.4 Å². The third kappa shape index (κ3) is 5.32. The molecule has 184 valence electrons. The molecule has 1 saturated heterocycles. The molecule has 1 N–H and O–H groups in total. The van der Waals surface area contributed by atoms with E-state index in [1.807, 2.05) is 62.4 Å². The fraction of sp³-hybridized carbons (Fsp3) is 0.444. The van der Waals surface area contributed by atoms with Gasteiger partial charge >= 0.3 is 0 Å². The zero-order valence-corrected chi connectivity index (χ0v) is 20.5. The second-order valence-electron chi connectivity index (χ2n) is 9.96. The number of aromatic nitrogens is 2. The number of carbonyl (C=O) groups excluding carboxylic acids is 1. The Morgan fingerprint density at radius 1 is 1.17 bits per heavy atom. The smallest absolute Gasteiger partial charge is 0.241 e. The summed E-state index contributed by atoms with van der Waals surface area (Å²) in [4.78, 5) is 20.0. The maximum Gasteiger partial charge on any atom is 0.241 e. The number of piperidine rings is 1. The van der Waals surface area contributed by atoms with Crippen molar-refractivity contribution < 1.29 is 18.8 Å². The Bertz CT molecular complexity index is 1170. The number of nitrogens with zero attached hydrogens (tertiary/aromatic N) is 3. The first-order valence-electron chi connectivity index (χ1n) is 12.2. The third-order valence-electron chi connectivity index (χ3n) is 6.81. The lowest BCUT2D eigenvalue weighted by Gasteiger charge is -2.39. The van der Waals surface area contributed by atoms with E-state index in [4.69, 9.17) is 14.0 Å². The number of nitrogens with one attached hydrogen (secondary N) is 1. The number of rotatable bonds is 6. The molecule has 5 rings (SSSR count). The van der Waals surface area contributed by atoms with E-state index in [1.54, 1.807) is 7.11 Å². The molecule has 1 unspecified atom stereocenters. The van der Waals surface area contributed by atoms with Gasteiger partial charge in [-0.3, -0.25) is 9.69 Å². The molecule has 0 bridgehead atoms. The summed E-state index contributed by atoms with van der Waals surface area (Å²) < 4.78 is 17.0. The van der Waals surface area contributed by atoms with Crippen LogP contribution < -0.4 is 14.8 Å². The molecule has 0 aliphatic carbocycles. The number of carbonyl (C=O) groups is 1. The van der Waals surface area contributed by atoms with Crippen LogP contribution in [0.2, 0.25) is 0 Å². The van der Waals surface area contributed by atoms with E-state index in [0.717, 1.165) is 55.0 Å². The largest absolute Gasteiger partial charge is 0.497 e. The highest BCUT2D eigenvalue weighted by molar-refractivity contribution is 5.79. The molecule has 2 aromatic carbocycles. The predicted octanol–water partition coefficient (Wildman–Crippen LogP) is 4.38. The Morgan fingerprint density at radius 2 is 1.94 bits per heavy atom. The molecule has 0 spiro atoms. The van der Waals surface area contributed by atoms with Crippen molar-refractivity contribution in [3.63, 3.8) is 0 Å². The van der Waals surface area contributed by atoms with Crippen molar-refractivity contribution in [2.75, 3.05) is 20.2 Å². The second-order valence-corrected chi connectivity index (χ2v) is 9.96. The van der Waals surface area contributed by atoms with Gasteiger partial charge in [0.15, 0.2) is 0 Å². The molecule has 3 heterocycles. The topological polar surface area (TPSA) is 89.7 Å². The van der Waals surface area contributed by atoms with Gasteiger partial charge in [-0.15, -0.1) is 0 Å². The molecular weight excluding hydrogens is 444 g/mol. The zero-order valence-electron chi connectivity index (χ0n) is 20.5. The summed E-state index contributed by atoms with van der Waals surface area (Å²) in [5.74, 6) is 2.82. The summed E-state index contributed by atoms with van der Waals surface area (Å²) in [5, 5.41) is 7.41. The Morgan fingerprint density at radius 3 is 2.69 bits per heavy atom. The molecular formula is C27H32N4O4. The highest BCUT2D eigenvalue weighted by Crippen LogP contribution is 2.41. The molecule has 0 radical (unpaired) electrons. The standard InChI is InChI=1S/C27H32N4O4/c1-27(2)16-22(21-10-9-20(33-3)15-23(21)34-27)28-26(32)19-11-13-31(14-12-19)17-24-29-25(30-35-24)18-7-5-4-6-8-18/h4-10,15,19,22H,11-14,16-17H2,1-3H3,(H,28,32). The van der Waals surface area contributed by atoms with E-state index in [2.05, 4.69) is 20.4 Å². The fourth-order valence-corrected chi connectivity index (χ4v) is 4.95. The van der Waals surface area contributed by atoms with Crippen molar-refractivity contribution in [3.05, 3.63) is 60.0 Å². The van der Waals surface area contributed by atoms with Crippen molar-refractivity contribution in [2.45, 2.75) is 51.3 Å². The van der Waals surface area contributed by atoms with Crippen LogP contribution in [0, 0.1) is 5.92 Å². The van der Waals surface area contributed by atoms with Crippen LogP contribution in [0.5, 0.6) is 11.5 Å². The van der Waals surface area contributed by atoms with Gasteiger partial charge in [-0.05, 0) is 51.9 Å². The Hall–Kier alpha value is -3.39. The second kappa shape index (κ2) is 9.70. The fourth-order valence-electron chi connectivity index (χ4n) is 4.95. The van der Waals surface area contributed by atoms with Gasteiger partial charge in [0.05, 0.1) is 19.7 Å². The average Bonchev–Trinajstić information content (AvgIpc) is 3.32. The van der Waals surface area contributed by atoms with Crippen LogP contribution >= 0.6 is 0 Å². The number of amides is 1. The highest BCUT2D eigenvalue weighted by atomic mass is 16.5. The monoisotopic (exact) mass is 476 g/mol. The van der Waals surface area contributed by atoms with Crippen molar-refractivity contribution in [1.82, 2.24) is 20.4 Å². The van der Waals surface area contributed by atoms with Gasteiger partial charge in [-0.1, -0.05) is 35.5 Å². The van der Waals surface area contributed by atoms with Crippen molar-refractivity contribution >= 4 is 5.91 Å². The molecule has 2 aliphatic rings. The van der Waals surface area contributed by atoms with Gasteiger partial charge in [0.2, 0.25) is 17.6 Å². The summed E-state index contributed by atoms with van der Waals surface area (Å²) in [5.41, 5.74) is 1.57. The van der Waals surface area contributed by atoms with Gasteiger partial charge in [0.1, 0.15) is 17.1 Å². The van der Waals surface area contributed by atoms with Crippen LogP contribution in [0.4, 0.5) is 0 Å². The van der Waals surface area contributed by atoms with Crippen molar-refractivity contribution in [2.24, 2.45) is 5.92 Å². The molecule has 1 fully saturated rings. The molecule has 1 amide bonds.